The van der Waals surface area contributed by atoms with Crippen LogP contribution in [0.5, 0.6) is 11.5 Å². The fourth-order valence-electron chi connectivity index (χ4n) is 4.07. The Morgan fingerprint density at radius 2 is 1.39 bits per heavy atom. The van der Waals surface area contributed by atoms with Crippen molar-refractivity contribution in [2.75, 3.05) is 19.8 Å². The van der Waals surface area contributed by atoms with Gasteiger partial charge in [-0.3, -0.25) is 4.79 Å². The minimum atomic E-state index is -0.543. The lowest BCUT2D eigenvalue weighted by Crippen LogP contribution is -2.32. The van der Waals surface area contributed by atoms with Gasteiger partial charge in [0.25, 0.3) is 0 Å². The first-order chi connectivity index (χ1) is 15.5. The molecule has 5 heteroatoms. The van der Waals surface area contributed by atoms with Gasteiger partial charge in [-0.1, -0.05) is 58.9 Å². The van der Waals surface area contributed by atoms with Crippen LogP contribution in [-0.2, 0) is 10.2 Å². The predicted octanol–water partition coefficient (Wildman–Crippen LogP) is 5.14. The molecule has 2 aromatic rings. The number of aliphatic hydroxyl groups is 2. The van der Waals surface area contributed by atoms with Crippen LogP contribution in [0.25, 0.3) is 0 Å². The Balaban J connectivity index is 2.32. The van der Waals surface area contributed by atoms with Crippen molar-refractivity contribution >= 4 is 5.78 Å². The second-order valence-electron chi connectivity index (χ2n) is 9.93. The lowest BCUT2D eigenvalue weighted by Gasteiger charge is -2.34. The molecule has 0 radical (unpaired) electrons. The molecule has 0 saturated heterocycles. The van der Waals surface area contributed by atoms with E-state index in [0.29, 0.717) is 5.75 Å². The van der Waals surface area contributed by atoms with Gasteiger partial charge in [0.05, 0.1) is 6.10 Å². The standard InChI is InChI=1S/C28H40O5/c1-8-28(9-2,21-10-12-24(19(3)14-21)32-17-23(30)16-29)22-11-13-25(20(4)15-22)33-18-26(31)27(5,6)7/h10-15,26,29,31H,8-9,16-18H2,1-7H3/t26-/m1/s1. The van der Waals surface area contributed by atoms with E-state index in [0.717, 1.165) is 29.7 Å². The first-order valence-corrected chi connectivity index (χ1v) is 11.8. The van der Waals surface area contributed by atoms with Crippen molar-refractivity contribution < 1.29 is 24.5 Å². The van der Waals surface area contributed by atoms with E-state index in [1.807, 2.05) is 46.8 Å². The van der Waals surface area contributed by atoms with Gasteiger partial charge in [-0.2, -0.15) is 0 Å². The first kappa shape index (κ1) is 26.9. The normalized spacial score (nSPS) is 13.0. The van der Waals surface area contributed by atoms with Crippen molar-refractivity contribution in [3.63, 3.8) is 0 Å². The number of carbonyl (C=O) groups excluding carboxylic acids is 1. The number of ether oxygens (including phenoxy) is 2. The third-order valence-corrected chi connectivity index (χ3v) is 6.62. The molecular weight excluding hydrogens is 416 g/mol. The number of benzene rings is 2. The van der Waals surface area contributed by atoms with E-state index < -0.39 is 12.7 Å². The van der Waals surface area contributed by atoms with E-state index in [-0.39, 0.29) is 29.8 Å². The van der Waals surface area contributed by atoms with Crippen LogP contribution in [0.1, 0.15) is 69.7 Å². The van der Waals surface area contributed by atoms with Gasteiger partial charge in [0.15, 0.2) is 5.78 Å². The molecule has 0 aromatic heterocycles. The van der Waals surface area contributed by atoms with Gasteiger partial charge in [-0.05, 0) is 66.5 Å². The lowest BCUT2D eigenvalue weighted by atomic mass is 9.70. The Hall–Kier alpha value is -2.37. The molecule has 33 heavy (non-hydrogen) atoms. The smallest absolute Gasteiger partial charge is 0.195 e. The Labute approximate surface area is 198 Å². The van der Waals surface area contributed by atoms with Crippen molar-refractivity contribution in [3.05, 3.63) is 58.7 Å². The highest BCUT2D eigenvalue weighted by Crippen LogP contribution is 2.41. The molecule has 0 bridgehead atoms. The summed E-state index contributed by atoms with van der Waals surface area (Å²) in [6.45, 7) is 14.0. The molecule has 0 spiro atoms. The predicted molar refractivity (Wildman–Crippen MR) is 132 cm³/mol. The zero-order valence-electron chi connectivity index (χ0n) is 21.2. The molecular formula is C28H40O5. The number of hydrogen-bond donors (Lipinski definition) is 2. The Morgan fingerprint density at radius 1 is 0.909 bits per heavy atom. The quantitative estimate of drug-likeness (QED) is 0.490. The molecule has 0 aliphatic rings. The zero-order valence-corrected chi connectivity index (χ0v) is 21.2. The number of Topliss-reactive ketones (excluding diaryl/α,β-unsaturated/α-hetero) is 1. The summed E-state index contributed by atoms with van der Waals surface area (Å²) in [6, 6.07) is 12.4. The molecule has 2 N–H and O–H groups in total. The van der Waals surface area contributed by atoms with Crippen LogP contribution in [0.2, 0.25) is 0 Å². The van der Waals surface area contributed by atoms with Crippen LogP contribution in [-0.4, -0.2) is 41.9 Å². The monoisotopic (exact) mass is 456 g/mol. The molecule has 0 aliphatic heterocycles. The van der Waals surface area contributed by atoms with E-state index >= 15 is 0 Å². The summed E-state index contributed by atoms with van der Waals surface area (Å²) in [4.78, 5) is 11.4. The van der Waals surface area contributed by atoms with Crippen LogP contribution in [0.3, 0.4) is 0 Å². The Bertz CT molecular complexity index is 938. The highest BCUT2D eigenvalue weighted by molar-refractivity contribution is 5.80. The van der Waals surface area contributed by atoms with Crippen molar-refractivity contribution in [2.45, 2.75) is 72.8 Å². The molecule has 0 aliphatic carbocycles. The van der Waals surface area contributed by atoms with Crippen LogP contribution in [0, 0.1) is 19.3 Å². The largest absolute Gasteiger partial charge is 0.491 e. The minimum Gasteiger partial charge on any atom is -0.491 e. The summed E-state index contributed by atoms with van der Waals surface area (Å²) >= 11 is 0. The van der Waals surface area contributed by atoms with Crippen molar-refractivity contribution in [1.29, 1.82) is 0 Å². The van der Waals surface area contributed by atoms with E-state index in [4.69, 9.17) is 14.6 Å². The van der Waals surface area contributed by atoms with Gasteiger partial charge >= 0.3 is 0 Å². The van der Waals surface area contributed by atoms with Gasteiger partial charge in [-0.25, -0.2) is 0 Å². The second kappa shape index (κ2) is 11.2. The van der Waals surface area contributed by atoms with Crippen LogP contribution in [0.4, 0.5) is 0 Å². The number of carbonyl (C=O) groups is 1. The van der Waals surface area contributed by atoms with Gasteiger partial charge in [0, 0.05) is 5.41 Å². The molecule has 0 amide bonds. The highest BCUT2D eigenvalue weighted by Gasteiger charge is 2.32. The van der Waals surface area contributed by atoms with E-state index in [9.17, 15) is 9.90 Å². The molecule has 0 heterocycles. The molecule has 1 atom stereocenters. The van der Waals surface area contributed by atoms with E-state index in [2.05, 4.69) is 38.1 Å². The molecule has 2 rings (SSSR count). The molecule has 0 unspecified atom stereocenters. The van der Waals surface area contributed by atoms with Crippen LogP contribution in [0.15, 0.2) is 36.4 Å². The zero-order chi connectivity index (χ0) is 24.8. The maximum Gasteiger partial charge on any atom is 0.195 e. The highest BCUT2D eigenvalue weighted by atomic mass is 16.5. The van der Waals surface area contributed by atoms with Crippen LogP contribution < -0.4 is 9.47 Å². The van der Waals surface area contributed by atoms with Crippen molar-refractivity contribution in [3.8, 4) is 11.5 Å². The topological polar surface area (TPSA) is 76.0 Å². The average molecular weight is 457 g/mol. The number of hydrogen-bond acceptors (Lipinski definition) is 5. The van der Waals surface area contributed by atoms with Crippen LogP contribution >= 0.6 is 0 Å². The number of aryl methyl sites for hydroxylation is 2. The maximum absolute atomic E-state index is 11.4. The van der Waals surface area contributed by atoms with Gasteiger partial charge in [0.1, 0.15) is 31.3 Å². The third-order valence-electron chi connectivity index (χ3n) is 6.62. The summed E-state index contributed by atoms with van der Waals surface area (Å²) in [5.74, 6) is 1.10. The SMILES string of the molecule is CCC(CC)(c1ccc(OCC(=O)CO)c(C)c1)c1ccc(OC[C@@H](O)C(C)(C)C)c(C)c1. The van der Waals surface area contributed by atoms with Gasteiger partial charge in [-0.15, -0.1) is 0 Å². The number of ketones is 1. The van der Waals surface area contributed by atoms with Crippen molar-refractivity contribution in [1.82, 2.24) is 0 Å². The maximum atomic E-state index is 11.4. The fourth-order valence-corrected chi connectivity index (χ4v) is 4.07. The molecule has 5 nitrogen and oxygen atoms in total. The van der Waals surface area contributed by atoms with E-state index in [1.54, 1.807) is 0 Å². The summed E-state index contributed by atoms with van der Waals surface area (Å²) in [5, 5.41) is 19.2. The number of aliphatic hydroxyl groups excluding tert-OH is 2. The summed E-state index contributed by atoms with van der Waals surface area (Å²) < 4.78 is 11.5. The Morgan fingerprint density at radius 3 is 1.79 bits per heavy atom. The Kier molecular flexibility index (Phi) is 9.10. The molecule has 0 fully saturated rings. The average Bonchev–Trinajstić information content (AvgIpc) is 2.78. The molecule has 0 saturated carbocycles. The third kappa shape index (κ3) is 6.36. The van der Waals surface area contributed by atoms with Gasteiger partial charge in [0.2, 0.25) is 0 Å². The summed E-state index contributed by atoms with van der Waals surface area (Å²) in [6.07, 6.45) is 1.31. The van der Waals surface area contributed by atoms with Crippen molar-refractivity contribution in [2.24, 2.45) is 5.41 Å². The lowest BCUT2D eigenvalue weighted by molar-refractivity contribution is -0.123. The van der Waals surface area contributed by atoms with E-state index in [1.165, 1.54) is 11.1 Å². The molecule has 182 valence electrons. The fraction of sp³-hybridized carbons (Fsp3) is 0.536. The number of rotatable bonds is 11. The summed E-state index contributed by atoms with van der Waals surface area (Å²) in [5.41, 5.74) is 4.01. The minimum absolute atomic E-state index is 0.131. The second-order valence-corrected chi connectivity index (χ2v) is 9.93. The first-order valence-electron chi connectivity index (χ1n) is 11.8. The summed E-state index contributed by atoms with van der Waals surface area (Å²) in [7, 11) is 0. The van der Waals surface area contributed by atoms with Gasteiger partial charge < -0.3 is 19.7 Å². The molecule has 2 aromatic carbocycles.